The molecule has 5 nitrogen and oxygen atoms in total. The maximum Gasteiger partial charge on any atom is 0.237 e. The monoisotopic (exact) mass is 329 g/mol. The number of amides is 2. The largest absolute Gasteiger partial charge is 0.345 e. The maximum atomic E-state index is 12.5. The molecule has 2 saturated heterocycles. The Bertz CT molecular complexity index is 599. The summed E-state index contributed by atoms with van der Waals surface area (Å²) in [5.41, 5.74) is 2.43. The molecular weight excluding hydrogens is 302 g/mol. The van der Waals surface area contributed by atoms with Crippen LogP contribution in [0.25, 0.3) is 0 Å². The summed E-state index contributed by atoms with van der Waals surface area (Å²) < 4.78 is 0. The molecule has 2 aliphatic heterocycles. The highest BCUT2D eigenvalue weighted by Gasteiger charge is 2.28. The molecule has 0 bridgehead atoms. The topological polar surface area (TPSA) is 43.9 Å². The van der Waals surface area contributed by atoms with Gasteiger partial charge in [-0.05, 0) is 24.8 Å². The van der Waals surface area contributed by atoms with Crippen molar-refractivity contribution < 1.29 is 9.59 Å². The summed E-state index contributed by atoms with van der Waals surface area (Å²) >= 11 is 0. The number of piperidine rings is 1. The van der Waals surface area contributed by atoms with Crippen molar-refractivity contribution in [1.29, 1.82) is 0 Å². The van der Waals surface area contributed by atoms with E-state index in [1.807, 2.05) is 16.8 Å². The summed E-state index contributed by atoms with van der Waals surface area (Å²) in [4.78, 5) is 30.1. The first-order valence-electron chi connectivity index (χ1n) is 8.81. The molecule has 2 fully saturated rings. The van der Waals surface area contributed by atoms with Gasteiger partial charge in [0.1, 0.15) is 0 Å². The number of hydrogen-bond donors (Lipinski definition) is 0. The van der Waals surface area contributed by atoms with Gasteiger partial charge in [-0.3, -0.25) is 14.5 Å². The van der Waals surface area contributed by atoms with Crippen molar-refractivity contribution >= 4 is 11.8 Å². The van der Waals surface area contributed by atoms with Crippen molar-refractivity contribution in [3.8, 4) is 0 Å². The summed E-state index contributed by atoms with van der Waals surface area (Å²) in [6, 6.07) is 8.39. The van der Waals surface area contributed by atoms with Crippen LogP contribution >= 0.6 is 0 Å². The minimum absolute atomic E-state index is 0.210. The van der Waals surface area contributed by atoms with Gasteiger partial charge in [-0.15, -0.1) is 0 Å². The molecular formula is C19H27N3O2. The second-order valence-corrected chi connectivity index (χ2v) is 7.21. The predicted octanol–water partition coefficient (Wildman–Crippen LogP) is 1.51. The van der Waals surface area contributed by atoms with Gasteiger partial charge in [-0.25, -0.2) is 0 Å². The Morgan fingerprint density at radius 2 is 1.83 bits per heavy atom. The minimum atomic E-state index is 0.210. The van der Waals surface area contributed by atoms with E-state index in [-0.39, 0.29) is 11.8 Å². The molecule has 24 heavy (non-hydrogen) atoms. The Morgan fingerprint density at radius 1 is 1.08 bits per heavy atom. The Hall–Kier alpha value is -1.88. The highest BCUT2D eigenvalue weighted by Crippen LogP contribution is 2.19. The lowest BCUT2D eigenvalue weighted by molar-refractivity contribution is -0.138. The molecule has 2 aliphatic rings. The van der Waals surface area contributed by atoms with Gasteiger partial charge in [-0.1, -0.05) is 29.8 Å². The fourth-order valence-electron chi connectivity index (χ4n) is 3.61. The van der Waals surface area contributed by atoms with Crippen LogP contribution in [0.3, 0.4) is 0 Å². The van der Waals surface area contributed by atoms with E-state index >= 15 is 0 Å². The Kier molecular flexibility index (Phi) is 5.19. The van der Waals surface area contributed by atoms with Crippen LogP contribution in [0.1, 0.15) is 24.0 Å². The Morgan fingerprint density at radius 3 is 2.50 bits per heavy atom. The molecule has 1 unspecified atom stereocenters. The van der Waals surface area contributed by atoms with Crippen LogP contribution in [0.2, 0.25) is 0 Å². The zero-order valence-corrected chi connectivity index (χ0v) is 14.7. The van der Waals surface area contributed by atoms with E-state index in [0.29, 0.717) is 25.4 Å². The van der Waals surface area contributed by atoms with E-state index in [1.54, 1.807) is 0 Å². The predicted molar refractivity (Wildman–Crippen MR) is 93.4 cm³/mol. The molecule has 1 aromatic rings. The summed E-state index contributed by atoms with van der Waals surface area (Å²) in [6.45, 7) is 6.72. The number of hydrogen-bond acceptors (Lipinski definition) is 3. The van der Waals surface area contributed by atoms with Gasteiger partial charge < -0.3 is 9.80 Å². The van der Waals surface area contributed by atoms with Crippen molar-refractivity contribution in [3.05, 3.63) is 35.4 Å². The number of likely N-dealkylation sites (tertiary alicyclic amines) is 1. The molecule has 0 N–H and O–H groups in total. The fraction of sp³-hybridized carbons (Fsp3) is 0.579. The lowest BCUT2D eigenvalue weighted by atomic mass is 9.97. The number of carbonyl (C=O) groups is 2. The highest BCUT2D eigenvalue weighted by atomic mass is 16.2. The molecule has 130 valence electrons. The van der Waals surface area contributed by atoms with Gasteiger partial charge in [-0.2, -0.15) is 0 Å². The van der Waals surface area contributed by atoms with E-state index < -0.39 is 0 Å². The molecule has 0 spiro atoms. The highest BCUT2D eigenvalue weighted by molar-refractivity contribution is 5.79. The van der Waals surface area contributed by atoms with E-state index in [9.17, 15) is 9.59 Å². The number of carbonyl (C=O) groups excluding carboxylic acids is 2. The maximum absolute atomic E-state index is 12.5. The molecule has 2 amide bonds. The van der Waals surface area contributed by atoms with Crippen LogP contribution in [0, 0.1) is 12.8 Å². The third kappa shape index (κ3) is 4.15. The molecule has 0 aliphatic carbocycles. The van der Waals surface area contributed by atoms with Crippen LogP contribution < -0.4 is 0 Å². The van der Waals surface area contributed by atoms with Crippen LogP contribution in [0.5, 0.6) is 0 Å². The van der Waals surface area contributed by atoms with E-state index in [0.717, 1.165) is 32.6 Å². The SMILES string of the molecule is Cc1ccc(CN2CCN(CC3CCC(=O)N(C)C3)CC2=O)cc1. The minimum Gasteiger partial charge on any atom is -0.345 e. The van der Waals surface area contributed by atoms with E-state index in [1.165, 1.54) is 11.1 Å². The van der Waals surface area contributed by atoms with E-state index in [2.05, 4.69) is 36.1 Å². The number of nitrogens with zero attached hydrogens (tertiary/aromatic N) is 3. The lowest BCUT2D eigenvalue weighted by Gasteiger charge is -2.38. The normalized spacial score (nSPS) is 23.0. The van der Waals surface area contributed by atoms with Crippen LogP contribution in [-0.4, -0.2) is 66.3 Å². The van der Waals surface area contributed by atoms with Gasteiger partial charge in [0.25, 0.3) is 0 Å². The lowest BCUT2D eigenvalue weighted by Crippen LogP contribution is -2.52. The van der Waals surface area contributed by atoms with Gasteiger partial charge in [0.2, 0.25) is 11.8 Å². The molecule has 3 rings (SSSR count). The average Bonchev–Trinajstić information content (AvgIpc) is 2.55. The van der Waals surface area contributed by atoms with Gasteiger partial charge >= 0.3 is 0 Å². The summed E-state index contributed by atoms with van der Waals surface area (Å²) in [5, 5.41) is 0. The second kappa shape index (κ2) is 7.34. The van der Waals surface area contributed by atoms with Crippen molar-refractivity contribution in [3.63, 3.8) is 0 Å². The zero-order valence-electron chi connectivity index (χ0n) is 14.7. The summed E-state index contributed by atoms with van der Waals surface area (Å²) in [5.74, 6) is 0.941. The fourth-order valence-corrected chi connectivity index (χ4v) is 3.61. The first kappa shape index (κ1) is 17.0. The van der Waals surface area contributed by atoms with Crippen LogP contribution in [0.4, 0.5) is 0 Å². The molecule has 2 heterocycles. The number of benzene rings is 1. The second-order valence-electron chi connectivity index (χ2n) is 7.21. The zero-order chi connectivity index (χ0) is 17.1. The van der Waals surface area contributed by atoms with Crippen LogP contribution in [0.15, 0.2) is 24.3 Å². The number of aryl methyl sites for hydroxylation is 1. The van der Waals surface area contributed by atoms with Crippen LogP contribution in [-0.2, 0) is 16.1 Å². The Labute approximate surface area is 144 Å². The molecule has 0 radical (unpaired) electrons. The first-order chi connectivity index (χ1) is 11.5. The third-order valence-corrected chi connectivity index (χ3v) is 5.13. The molecule has 5 heteroatoms. The van der Waals surface area contributed by atoms with Gasteiger partial charge in [0.15, 0.2) is 0 Å². The third-order valence-electron chi connectivity index (χ3n) is 5.13. The molecule has 1 atom stereocenters. The smallest absolute Gasteiger partial charge is 0.237 e. The Balaban J connectivity index is 1.49. The average molecular weight is 329 g/mol. The number of piperazine rings is 1. The summed E-state index contributed by atoms with van der Waals surface area (Å²) in [6.07, 6.45) is 1.59. The molecule has 1 aromatic carbocycles. The molecule has 0 saturated carbocycles. The standard InChI is InChI=1S/C19H27N3O2/c1-15-3-5-16(6-4-15)13-22-10-9-21(14-19(22)24)12-17-7-8-18(23)20(2)11-17/h3-6,17H,7-14H2,1-2H3. The van der Waals surface area contributed by atoms with Gasteiger partial charge in [0, 0.05) is 46.2 Å². The van der Waals surface area contributed by atoms with Crippen molar-refractivity contribution in [2.24, 2.45) is 5.92 Å². The number of rotatable bonds is 4. The van der Waals surface area contributed by atoms with Crippen molar-refractivity contribution in [1.82, 2.24) is 14.7 Å². The van der Waals surface area contributed by atoms with Crippen molar-refractivity contribution in [2.75, 3.05) is 39.8 Å². The van der Waals surface area contributed by atoms with Gasteiger partial charge in [0.05, 0.1) is 6.54 Å². The quantitative estimate of drug-likeness (QED) is 0.841. The first-order valence-corrected chi connectivity index (χ1v) is 8.81. The van der Waals surface area contributed by atoms with E-state index in [4.69, 9.17) is 0 Å². The molecule has 0 aromatic heterocycles. The summed E-state index contributed by atoms with van der Waals surface area (Å²) in [7, 11) is 1.87. The van der Waals surface area contributed by atoms with Crippen molar-refractivity contribution in [2.45, 2.75) is 26.3 Å².